The average Bonchev–Trinajstić information content (AvgIpc) is 2.21. The van der Waals surface area contributed by atoms with Crippen LogP contribution in [0.2, 0.25) is 0 Å². The zero-order valence-electron chi connectivity index (χ0n) is 10.1. The highest BCUT2D eigenvalue weighted by atomic mass is 16.5. The SMILES string of the molecule is CCCCCCOCCNC(C)CC. The van der Waals surface area contributed by atoms with Crippen LogP contribution in [0.25, 0.3) is 0 Å². The van der Waals surface area contributed by atoms with E-state index in [4.69, 9.17) is 4.74 Å². The summed E-state index contributed by atoms with van der Waals surface area (Å²) in [5.74, 6) is 0. The lowest BCUT2D eigenvalue weighted by molar-refractivity contribution is 0.130. The Morgan fingerprint density at radius 1 is 1.07 bits per heavy atom. The minimum Gasteiger partial charge on any atom is -0.380 e. The van der Waals surface area contributed by atoms with Gasteiger partial charge in [0.1, 0.15) is 0 Å². The normalized spacial score (nSPS) is 13.1. The minimum atomic E-state index is 0.624. The summed E-state index contributed by atoms with van der Waals surface area (Å²) >= 11 is 0. The zero-order valence-corrected chi connectivity index (χ0v) is 10.1. The first-order chi connectivity index (χ1) is 6.81. The molecule has 0 fully saturated rings. The third-order valence-corrected chi connectivity index (χ3v) is 2.49. The smallest absolute Gasteiger partial charge is 0.0590 e. The molecule has 0 spiro atoms. The van der Waals surface area contributed by atoms with Crippen molar-refractivity contribution < 1.29 is 4.74 Å². The topological polar surface area (TPSA) is 21.3 Å². The molecule has 0 aromatic carbocycles. The number of unbranched alkanes of at least 4 members (excludes halogenated alkanes) is 3. The Balaban J connectivity index is 2.92. The van der Waals surface area contributed by atoms with Gasteiger partial charge in [-0.2, -0.15) is 0 Å². The predicted molar refractivity (Wildman–Crippen MR) is 62.7 cm³/mol. The molecular formula is C12H27NO. The first-order valence-electron chi connectivity index (χ1n) is 6.12. The molecule has 0 radical (unpaired) electrons. The molecular weight excluding hydrogens is 174 g/mol. The van der Waals surface area contributed by atoms with E-state index in [1.807, 2.05) is 0 Å². The van der Waals surface area contributed by atoms with Crippen LogP contribution in [0.1, 0.15) is 52.9 Å². The maximum Gasteiger partial charge on any atom is 0.0590 e. The molecule has 14 heavy (non-hydrogen) atoms. The fourth-order valence-corrected chi connectivity index (χ4v) is 1.25. The number of nitrogens with one attached hydrogen (secondary N) is 1. The summed E-state index contributed by atoms with van der Waals surface area (Å²) in [6.45, 7) is 9.42. The Kier molecular flexibility index (Phi) is 10.9. The van der Waals surface area contributed by atoms with E-state index in [0.717, 1.165) is 19.8 Å². The molecule has 0 aliphatic heterocycles. The molecule has 1 N–H and O–H groups in total. The van der Waals surface area contributed by atoms with Crippen molar-refractivity contribution in [3.63, 3.8) is 0 Å². The lowest BCUT2D eigenvalue weighted by Gasteiger charge is -2.11. The van der Waals surface area contributed by atoms with Crippen molar-refractivity contribution in [1.82, 2.24) is 5.32 Å². The molecule has 0 aliphatic carbocycles. The lowest BCUT2D eigenvalue weighted by atomic mass is 10.2. The molecule has 1 atom stereocenters. The molecule has 2 nitrogen and oxygen atoms in total. The van der Waals surface area contributed by atoms with Gasteiger partial charge in [0.25, 0.3) is 0 Å². The van der Waals surface area contributed by atoms with Gasteiger partial charge in [0.15, 0.2) is 0 Å². The van der Waals surface area contributed by atoms with E-state index in [1.54, 1.807) is 0 Å². The molecule has 0 saturated carbocycles. The van der Waals surface area contributed by atoms with Crippen molar-refractivity contribution >= 4 is 0 Å². The van der Waals surface area contributed by atoms with Crippen LogP contribution >= 0.6 is 0 Å². The van der Waals surface area contributed by atoms with Crippen molar-refractivity contribution in [3.8, 4) is 0 Å². The fraction of sp³-hybridized carbons (Fsp3) is 1.00. The Bertz CT molecular complexity index is 106. The Hall–Kier alpha value is -0.0800. The van der Waals surface area contributed by atoms with Crippen LogP contribution in [0.4, 0.5) is 0 Å². The maximum atomic E-state index is 5.51. The summed E-state index contributed by atoms with van der Waals surface area (Å²) in [4.78, 5) is 0. The number of ether oxygens (including phenoxy) is 1. The molecule has 2 heteroatoms. The highest BCUT2D eigenvalue weighted by Gasteiger charge is 1.95. The maximum absolute atomic E-state index is 5.51. The summed E-state index contributed by atoms with van der Waals surface area (Å²) < 4.78 is 5.51. The Morgan fingerprint density at radius 2 is 1.86 bits per heavy atom. The van der Waals surface area contributed by atoms with Crippen LogP contribution in [0.5, 0.6) is 0 Å². The predicted octanol–water partition coefficient (Wildman–Crippen LogP) is 2.97. The van der Waals surface area contributed by atoms with Crippen LogP contribution in [-0.4, -0.2) is 25.8 Å². The first kappa shape index (κ1) is 13.9. The third-order valence-electron chi connectivity index (χ3n) is 2.49. The van der Waals surface area contributed by atoms with Crippen LogP contribution in [-0.2, 0) is 4.74 Å². The van der Waals surface area contributed by atoms with Crippen molar-refractivity contribution in [2.75, 3.05) is 19.8 Å². The number of hydrogen-bond acceptors (Lipinski definition) is 2. The highest BCUT2D eigenvalue weighted by Crippen LogP contribution is 1.98. The van der Waals surface area contributed by atoms with Gasteiger partial charge in [-0.3, -0.25) is 0 Å². The first-order valence-corrected chi connectivity index (χ1v) is 6.12. The van der Waals surface area contributed by atoms with Crippen LogP contribution in [0.3, 0.4) is 0 Å². The van der Waals surface area contributed by atoms with E-state index in [0.29, 0.717) is 6.04 Å². The average molecular weight is 201 g/mol. The second-order valence-electron chi connectivity index (χ2n) is 3.94. The van der Waals surface area contributed by atoms with Gasteiger partial charge in [-0.05, 0) is 19.8 Å². The fourth-order valence-electron chi connectivity index (χ4n) is 1.25. The minimum absolute atomic E-state index is 0.624. The molecule has 0 aromatic rings. The quantitative estimate of drug-likeness (QED) is 0.549. The van der Waals surface area contributed by atoms with E-state index < -0.39 is 0 Å². The zero-order chi connectivity index (χ0) is 10.6. The van der Waals surface area contributed by atoms with Crippen molar-refractivity contribution in [1.29, 1.82) is 0 Å². The summed E-state index contributed by atoms with van der Waals surface area (Å²) in [7, 11) is 0. The van der Waals surface area contributed by atoms with Gasteiger partial charge in [0, 0.05) is 19.2 Å². The molecule has 0 saturated heterocycles. The van der Waals surface area contributed by atoms with Crippen LogP contribution < -0.4 is 5.32 Å². The second-order valence-corrected chi connectivity index (χ2v) is 3.94. The largest absolute Gasteiger partial charge is 0.380 e. The molecule has 0 amide bonds. The summed E-state index contributed by atoms with van der Waals surface area (Å²) in [5, 5.41) is 3.41. The molecule has 1 unspecified atom stereocenters. The summed E-state index contributed by atoms with van der Waals surface area (Å²) in [6, 6.07) is 0.624. The third kappa shape index (κ3) is 10.0. The second kappa shape index (κ2) is 11.0. The monoisotopic (exact) mass is 201 g/mol. The van der Waals surface area contributed by atoms with E-state index in [1.165, 1.54) is 32.1 Å². The van der Waals surface area contributed by atoms with Gasteiger partial charge >= 0.3 is 0 Å². The van der Waals surface area contributed by atoms with Gasteiger partial charge in [-0.25, -0.2) is 0 Å². The van der Waals surface area contributed by atoms with Crippen LogP contribution in [0.15, 0.2) is 0 Å². The number of rotatable bonds is 10. The molecule has 86 valence electrons. The number of hydrogen-bond donors (Lipinski definition) is 1. The highest BCUT2D eigenvalue weighted by molar-refractivity contribution is 4.56. The van der Waals surface area contributed by atoms with Crippen molar-refractivity contribution in [2.45, 2.75) is 58.9 Å². The van der Waals surface area contributed by atoms with E-state index in [9.17, 15) is 0 Å². The van der Waals surface area contributed by atoms with Gasteiger partial charge in [0.05, 0.1) is 6.61 Å². The van der Waals surface area contributed by atoms with Crippen LogP contribution in [0, 0.1) is 0 Å². The molecule has 0 heterocycles. The van der Waals surface area contributed by atoms with Gasteiger partial charge in [0.2, 0.25) is 0 Å². The Morgan fingerprint density at radius 3 is 2.50 bits per heavy atom. The van der Waals surface area contributed by atoms with Crippen molar-refractivity contribution in [3.05, 3.63) is 0 Å². The summed E-state index contributed by atoms with van der Waals surface area (Å²) in [6.07, 6.45) is 6.37. The summed E-state index contributed by atoms with van der Waals surface area (Å²) in [5.41, 5.74) is 0. The standard InChI is InChI=1S/C12H27NO/c1-4-6-7-8-10-14-11-9-13-12(3)5-2/h12-13H,4-11H2,1-3H3. The van der Waals surface area contributed by atoms with Gasteiger partial charge in [-0.15, -0.1) is 0 Å². The molecule has 0 bridgehead atoms. The van der Waals surface area contributed by atoms with Gasteiger partial charge in [-0.1, -0.05) is 33.1 Å². The van der Waals surface area contributed by atoms with E-state index >= 15 is 0 Å². The molecule has 0 rings (SSSR count). The Labute approximate surface area is 89.4 Å². The van der Waals surface area contributed by atoms with E-state index in [-0.39, 0.29) is 0 Å². The van der Waals surface area contributed by atoms with E-state index in [2.05, 4.69) is 26.1 Å². The molecule has 0 aliphatic rings. The van der Waals surface area contributed by atoms with Crippen molar-refractivity contribution in [2.24, 2.45) is 0 Å². The lowest BCUT2D eigenvalue weighted by Crippen LogP contribution is -2.28. The molecule has 0 aromatic heterocycles. The van der Waals surface area contributed by atoms with Gasteiger partial charge < -0.3 is 10.1 Å².